The molecule has 29 heteroatoms. The summed E-state index contributed by atoms with van der Waals surface area (Å²) in [5.41, 5.74) is 14.4. The number of aliphatic hydroxyl groups is 1. The molecule has 0 unspecified atom stereocenters. The maximum atomic E-state index is 14.2. The average molecular weight is 1250 g/mol. The highest BCUT2D eigenvalue weighted by molar-refractivity contribution is 5.97. The lowest BCUT2D eigenvalue weighted by Gasteiger charge is -2.30. The summed E-state index contributed by atoms with van der Waals surface area (Å²) in [4.78, 5) is 150. The minimum absolute atomic E-state index is 0.00423. The number of H-pyrrole nitrogens is 1. The fourth-order valence-electron chi connectivity index (χ4n) is 10.5. The van der Waals surface area contributed by atoms with Crippen molar-refractivity contribution in [3.63, 3.8) is 0 Å². The molecule has 1 heterocycles. The normalized spacial score (nSPS) is 16.0. The van der Waals surface area contributed by atoms with Crippen molar-refractivity contribution < 1.29 is 68.1 Å². The van der Waals surface area contributed by atoms with Crippen LogP contribution in [0.3, 0.4) is 0 Å². The Kier molecular flexibility index (Phi) is 30.1. The second-order valence-corrected chi connectivity index (χ2v) is 22.9. The fourth-order valence-corrected chi connectivity index (χ4v) is 10.5. The third-order valence-electron chi connectivity index (χ3n) is 15.2. The summed E-state index contributed by atoms with van der Waals surface area (Å²) in [5, 5.41) is 66.5. The Hall–Kier alpha value is -9.02. The molecule has 2 aromatic rings. The van der Waals surface area contributed by atoms with Gasteiger partial charge in [0.25, 0.3) is 0 Å². The minimum atomic E-state index is -1.79. The van der Waals surface area contributed by atoms with Crippen LogP contribution >= 0.6 is 0 Å². The van der Waals surface area contributed by atoms with E-state index >= 15 is 0 Å². The van der Waals surface area contributed by atoms with Crippen LogP contribution in [0.4, 0.5) is 4.79 Å². The number of nitrogens with two attached hydrogens (primary N) is 2. The molecule has 0 saturated heterocycles. The number of guanidine groups is 1. The van der Waals surface area contributed by atoms with Gasteiger partial charge in [-0.15, -0.1) is 0 Å². The maximum Gasteiger partial charge on any atom is 0.312 e. The predicted octanol–water partition coefficient (Wildman–Crippen LogP) is -0.893. The number of fused-ring (bicyclic) bond motifs is 1. The van der Waals surface area contributed by atoms with Crippen LogP contribution in [0.1, 0.15) is 127 Å². The van der Waals surface area contributed by atoms with Gasteiger partial charge in [-0.2, -0.15) is 0 Å². The molecule has 1 fully saturated rings. The van der Waals surface area contributed by atoms with Crippen molar-refractivity contribution >= 4 is 77.2 Å². The van der Waals surface area contributed by atoms with E-state index in [-0.39, 0.29) is 62.3 Å². The largest absolute Gasteiger partial charge is 0.508 e. The Labute approximate surface area is 517 Å². The van der Waals surface area contributed by atoms with E-state index in [9.17, 15) is 68.1 Å². The first kappa shape index (κ1) is 72.5. The molecular formula is C60H91N15O14. The predicted molar refractivity (Wildman–Crippen MR) is 328 cm³/mol. The number of allylic oxidation sites excluding steroid dienone is 1. The summed E-state index contributed by atoms with van der Waals surface area (Å²) < 4.78 is 0. The molecule has 0 aliphatic heterocycles. The van der Waals surface area contributed by atoms with Crippen LogP contribution < -0.4 is 70.0 Å². The number of carboxylic acid groups (broad SMARTS) is 1. The van der Waals surface area contributed by atoms with E-state index in [1.165, 1.54) is 31.2 Å². The number of primary amides is 2. The Morgan fingerprint density at radius 1 is 0.719 bits per heavy atom. The number of urea groups is 1. The molecule has 2 aliphatic rings. The lowest BCUT2D eigenvalue weighted by atomic mass is 9.84. The number of aromatic amines is 1. The Morgan fingerprint density at radius 3 is 1.96 bits per heavy atom. The van der Waals surface area contributed by atoms with Gasteiger partial charge < -0.3 is 90.3 Å². The number of nitrogens with one attached hydrogen (secondary N) is 13. The third-order valence-corrected chi connectivity index (χ3v) is 15.2. The molecule has 1 aromatic heterocycles. The molecule has 9 atom stereocenters. The van der Waals surface area contributed by atoms with Crippen LogP contribution in [0.2, 0.25) is 0 Å². The molecule has 2 aliphatic carbocycles. The topological polar surface area (TPSA) is 472 Å². The van der Waals surface area contributed by atoms with Gasteiger partial charge in [0, 0.05) is 64.8 Å². The van der Waals surface area contributed by atoms with E-state index in [0.29, 0.717) is 18.4 Å². The van der Waals surface area contributed by atoms with Gasteiger partial charge in [-0.1, -0.05) is 76.3 Å². The summed E-state index contributed by atoms with van der Waals surface area (Å²) in [6.07, 6.45) is 12.9. The molecule has 20 N–H and O–H groups in total. The van der Waals surface area contributed by atoms with Crippen LogP contribution in [-0.2, 0) is 67.2 Å². The number of hydrogen-bond acceptors (Lipinski definition) is 14. The summed E-state index contributed by atoms with van der Waals surface area (Å²) in [6, 6.07) is -5.42. The first-order valence-corrected chi connectivity index (χ1v) is 30.1. The SMILES string of the molecule is CNC(=N)NCCC[C@H](NC(=O)[C@@H](/C=C/CNC(=O)[C@H](CC1CCCCC1)NC(=O)[C@@H](NC(=O)[C@H](CNC(N)=O)NC(=O)[C@H](CCC(=O)O)NC(=O)[C@@H](Cc1ccc(O)cc1)NC(C)=O)[C@@H](C)O)CC(C)C)C(=O)N[C@@H](Cc1c[nH]c2c1CCC=C2)C(N)=O. The van der Waals surface area contributed by atoms with Gasteiger partial charge in [-0.25, -0.2) is 4.79 Å². The number of aromatic nitrogens is 1. The summed E-state index contributed by atoms with van der Waals surface area (Å²) in [5.74, 6) is -9.59. The van der Waals surface area contributed by atoms with E-state index in [0.717, 1.165) is 68.7 Å². The molecule has 29 nitrogen and oxygen atoms in total. The zero-order valence-electron chi connectivity index (χ0n) is 51.3. The summed E-state index contributed by atoms with van der Waals surface area (Å²) in [6.45, 7) is 5.58. The van der Waals surface area contributed by atoms with Crippen molar-refractivity contribution in [3.8, 4) is 5.75 Å². The van der Waals surface area contributed by atoms with Crippen LogP contribution in [0, 0.1) is 23.2 Å². The number of phenolic OH excluding ortho intramolecular Hbond substituents is 1. The van der Waals surface area contributed by atoms with E-state index in [2.05, 4.69) is 63.5 Å². The monoisotopic (exact) mass is 1250 g/mol. The number of amides is 11. The van der Waals surface area contributed by atoms with Gasteiger partial charge in [0.2, 0.25) is 53.2 Å². The van der Waals surface area contributed by atoms with Gasteiger partial charge in [0.15, 0.2) is 5.96 Å². The van der Waals surface area contributed by atoms with Crippen LogP contribution in [-0.4, -0.2) is 167 Å². The summed E-state index contributed by atoms with van der Waals surface area (Å²) >= 11 is 0. The summed E-state index contributed by atoms with van der Waals surface area (Å²) in [7, 11) is 1.58. The van der Waals surface area contributed by atoms with Crippen LogP contribution in [0.15, 0.2) is 48.7 Å². The third kappa shape index (κ3) is 25.7. The number of carboxylic acids is 1. The minimum Gasteiger partial charge on any atom is -0.508 e. The van der Waals surface area contributed by atoms with E-state index in [1.54, 1.807) is 25.4 Å². The Bertz CT molecular complexity index is 2830. The lowest BCUT2D eigenvalue weighted by molar-refractivity contribution is -0.138. The smallest absolute Gasteiger partial charge is 0.312 e. The lowest BCUT2D eigenvalue weighted by Crippen LogP contribution is -2.63. The van der Waals surface area contributed by atoms with Crippen molar-refractivity contribution in [1.29, 1.82) is 5.41 Å². The standard InChI is InChI=1S/C60H91N15O14/c1-33(2)27-38(52(82)70-43(18-12-26-66-59(62)64-5)54(84)72-45(51(61)81)30-39-31-67-42-17-10-9-16-41(39)42)15-11-25-65-53(83)46(28-36-13-7-6-8-14-36)73-58(88)50(34(3)76)75-57(87)48(32-68-60(63)89)74-55(85)44(23-24-49(79)80)71-56(86)47(69-35(4)77)29-37-19-21-40(78)22-20-37/h10-11,15,17,19-22,31,33-34,36,38,43-48,50,67,76,78H,6-9,12-14,16,18,23-30,32H2,1-5H3,(H2,61,81)(H,65,83)(H,69,77)(H,70,82)(H,71,86)(H,72,84)(H,73,88)(H,74,85)(H,75,87)(H,79,80)(H3,62,64,66)(H3,63,68,89)/b15-11+/t34-,38+,43+,44+,45+,46+,47-,48+,50+/m1/s1. The van der Waals surface area contributed by atoms with Crippen LogP contribution in [0.25, 0.3) is 6.08 Å². The maximum absolute atomic E-state index is 14.2. The number of aromatic hydroxyl groups is 1. The second kappa shape index (κ2) is 37.0. The molecule has 0 radical (unpaired) electrons. The molecule has 11 amide bonds. The van der Waals surface area contributed by atoms with Gasteiger partial charge in [-0.05, 0) is 98.6 Å². The van der Waals surface area contributed by atoms with Crippen molar-refractivity contribution in [2.75, 3.05) is 26.7 Å². The van der Waals surface area contributed by atoms with Crippen molar-refractivity contribution in [2.45, 2.75) is 172 Å². The molecule has 490 valence electrons. The number of carbonyl (C=O) groups is 11. The van der Waals surface area contributed by atoms with Crippen molar-refractivity contribution in [3.05, 3.63) is 71.1 Å². The highest BCUT2D eigenvalue weighted by Gasteiger charge is 2.36. The Balaban J connectivity index is 1.51. The zero-order chi connectivity index (χ0) is 65.7. The van der Waals surface area contributed by atoms with E-state index in [4.69, 9.17) is 16.9 Å². The molecule has 0 spiro atoms. The number of hydrogen-bond donors (Lipinski definition) is 18. The Morgan fingerprint density at radius 2 is 1.34 bits per heavy atom. The molecular weight excluding hydrogens is 1150 g/mol. The molecule has 0 bridgehead atoms. The van der Waals surface area contributed by atoms with Crippen LogP contribution in [0.5, 0.6) is 5.75 Å². The molecule has 4 rings (SSSR count). The highest BCUT2D eigenvalue weighted by atomic mass is 16.4. The molecule has 89 heavy (non-hydrogen) atoms. The fraction of sp³-hybridized carbons (Fsp3) is 0.567. The van der Waals surface area contributed by atoms with Gasteiger partial charge >= 0.3 is 12.0 Å². The zero-order valence-corrected chi connectivity index (χ0v) is 51.3. The molecule has 1 aromatic carbocycles. The van der Waals surface area contributed by atoms with E-state index < -0.39 is 139 Å². The average Bonchev–Trinajstić information content (AvgIpc) is 2.15. The number of aliphatic hydroxyl groups excluding tert-OH is 1. The highest BCUT2D eigenvalue weighted by Crippen LogP contribution is 2.28. The van der Waals surface area contributed by atoms with Crippen molar-refractivity contribution in [2.24, 2.45) is 29.2 Å². The van der Waals surface area contributed by atoms with Gasteiger partial charge in [0.05, 0.1) is 12.0 Å². The van der Waals surface area contributed by atoms with Crippen molar-refractivity contribution in [1.82, 2.24) is 63.5 Å². The number of carbonyl (C=O) groups excluding carboxylic acids is 10. The first-order chi connectivity index (χ1) is 42.2. The quantitative estimate of drug-likeness (QED) is 0.0170. The van der Waals surface area contributed by atoms with Gasteiger partial charge in [0.1, 0.15) is 48.0 Å². The van der Waals surface area contributed by atoms with Gasteiger partial charge in [-0.3, -0.25) is 53.4 Å². The number of rotatable bonds is 36. The number of phenols is 1. The first-order valence-electron chi connectivity index (χ1n) is 30.1. The molecule has 1 saturated carbocycles. The second-order valence-electron chi connectivity index (χ2n) is 22.9. The van der Waals surface area contributed by atoms with E-state index in [1.807, 2.05) is 26.0 Å². The number of benzene rings is 1. The number of aliphatic carboxylic acids is 1.